The fourth-order valence-electron chi connectivity index (χ4n) is 2.77. The van der Waals surface area contributed by atoms with Crippen molar-refractivity contribution in [2.45, 2.75) is 12.3 Å². The normalized spacial score (nSPS) is 12.3. The summed E-state index contributed by atoms with van der Waals surface area (Å²) in [6, 6.07) is 11.2. The zero-order valence-electron chi connectivity index (χ0n) is 13.6. The molecule has 0 aliphatic carbocycles. The van der Waals surface area contributed by atoms with E-state index in [0.29, 0.717) is 27.2 Å². The Balaban J connectivity index is 1.84. The topological polar surface area (TPSA) is 60.9 Å². The molecule has 2 heterocycles. The van der Waals surface area contributed by atoms with Crippen molar-refractivity contribution in [2.75, 3.05) is 6.54 Å². The van der Waals surface area contributed by atoms with E-state index in [1.165, 1.54) is 11.3 Å². The summed E-state index contributed by atoms with van der Waals surface area (Å²) in [7, 11) is 1.84. The number of thiophene rings is 1. The van der Waals surface area contributed by atoms with Crippen molar-refractivity contribution in [3.8, 4) is 11.3 Å². The van der Waals surface area contributed by atoms with Crippen LogP contribution in [0.1, 0.15) is 27.6 Å². The summed E-state index contributed by atoms with van der Waals surface area (Å²) in [5.41, 5.74) is 8.48. The van der Waals surface area contributed by atoms with E-state index in [2.05, 4.69) is 5.10 Å². The Bertz CT molecular complexity index is 903. The lowest BCUT2D eigenvalue weighted by Gasteiger charge is -2.15. The minimum absolute atomic E-state index is 0.00990. The highest BCUT2D eigenvalue weighted by atomic mass is 35.5. The van der Waals surface area contributed by atoms with Crippen molar-refractivity contribution >= 4 is 40.3 Å². The predicted molar refractivity (Wildman–Crippen MR) is 104 cm³/mol. The highest BCUT2D eigenvalue weighted by Crippen LogP contribution is 2.37. The molecule has 2 N–H and O–H groups in total. The Morgan fingerprint density at radius 3 is 2.72 bits per heavy atom. The molecule has 4 nitrogen and oxygen atoms in total. The van der Waals surface area contributed by atoms with Crippen LogP contribution in [0.3, 0.4) is 0 Å². The summed E-state index contributed by atoms with van der Waals surface area (Å²) < 4.78 is 2.31. The van der Waals surface area contributed by atoms with Crippen LogP contribution in [0.2, 0.25) is 9.36 Å². The smallest absolute Gasteiger partial charge is 0.173 e. The van der Waals surface area contributed by atoms with E-state index >= 15 is 0 Å². The van der Waals surface area contributed by atoms with Gasteiger partial charge in [-0.1, -0.05) is 41.4 Å². The van der Waals surface area contributed by atoms with Crippen LogP contribution in [0.5, 0.6) is 0 Å². The molecule has 0 aliphatic heterocycles. The second kappa shape index (κ2) is 7.70. The van der Waals surface area contributed by atoms with Gasteiger partial charge in [-0.2, -0.15) is 5.10 Å². The average Bonchev–Trinajstić information content (AvgIpc) is 3.18. The Morgan fingerprint density at radius 2 is 2.08 bits per heavy atom. The molecule has 130 valence electrons. The lowest BCUT2D eigenvalue weighted by molar-refractivity contribution is 0.0978. The number of rotatable bonds is 6. The molecule has 2 aromatic heterocycles. The largest absolute Gasteiger partial charge is 0.330 e. The van der Waals surface area contributed by atoms with Gasteiger partial charge in [-0.3, -0.25) is 9.48 Å². The van der Waals surface area contributed by atoms with Crippen LogP contribution < -0.4 is 5.73 Å². The third-order valence-electron chi connectivity index (χ3n) is 4.12. The van der Waals surface area contributed by atoms with Crippen LogP contribution >= 0.6 is 34.5 Å². The third kappa shape index (κ3) is 3.80. The van der Waals surface area contributed by atoms with Gasteiger partial charge < -0.3 is 5.73 Å². The maximum atomic E-state index is 12.7. The zero-order chi connectivity index (χ0) is 18.0. The van der Waals surface area contributed by atoms with E-state index in [4.69, 9.17) is 28.9 Å². The van der Waals surface area contributed by atoms with Crippen LogP contribution in [0.4, 0.5) is 0 Å². The molecule has 1 unspecified atom stereocenters. The summed E-state index contributed by atoms with van der Waals surface area (Å²) in [6.45, 7) is 0.350. The van der Waals surface area contributed by atoms with Gasteiger partial charge >= 0.3 is 0 Å². The van der Waals surface area contributed by atoms with Crippen LogP contribution in [0.15, 0.2) is 42.6 Å². The first-order chi connectivity index (χ1) is 12.0. The van der Waals surface area contributed by atoms with Gasteiger partial charge in [0, 0.05) is 36.2 Å². The fraction of sp³-hybridized carbons (Fsp3) is 0.222. The van der Waals surface area contributed by atoms with E-state index in [1.54, 1.807) is 10.9 Å². The van der Waals surface area contributed by atoms with Gasteiger partial charge in [0.25, 0.3) is 0 Å². The lowest BCUT2D eigenvalue weighted by Crippen LogP contribution is -2.16. The number of carbonyl (C=O) groups excluding carboxylic acids is 1. The van der Waals surface area contributed by atoms with Crippen LogP contribution in [-0.4, -0.2) is 22.1 Å². The standard InChI is InChI=1S/C18H17Cl2N3OS/c1-23-15(6-7-22-23)13-9-17(25-18(13)20)16(24)8-11(10-21)12-4-2-3-5-14(12)19/h2-7,9,11H,8,10,21H2,1H3. The van der Waals surface area contributed by atoms with Gasteiger partial charge in [0.15, 0.2) is 5.78 Å². The number of benzene rings is 1. The van der Waals surface area contributed by atoms with Crippen molar-refractivity contribution in [3.63, 3.8) is 0 Å². The molecule has 0 spiro atoms. The van der Waals surface area contributed by atoms with E-state index in [9.17, 15) is 4.79 Å². The molecule has 0 fully saturated rings. The molecule has 0 bridgehead atoms. The zero-order valence-corrected chi connectivity index (χ0v) is 15.9. The van der Waals surface area contributed by atoms with E-state index in [-0.39, 0.29) is 11.7 Å². The summed E-state index contributed by atoms with van der Waals surface area (Å²) >= 11 is 13.9. The quantitative estimate of drug-likeness (QED) is 0.613. The maximum absolute atomic E-state index is 12.7. The Kier molecular flexibility index (Phi) is 5.59. The van der Waals surface area contributed by atoms with Gasteiger partial charge in [0.1, 0.15) is 4.34 Å². The number of hydrogen-bond acceptors (Lipinski definition) is 4. The number of hydrogen-bond donors (Lipinski definition) is 1. The van der Waals surface area contributed by atoms with Crippen molar-refractivity contribution < 1.29 is 4.79 Å². The molecule has 25 heavy (non-hydrogen) atoms. The maximum Gasteiger partial charge on any atom is 0.173 e. The predicted octanol–water partition coefficient (Wildman–Crippen LogP) is 4.77. The molecule has 0 radical (unpaired) electrons. The van der Waals surface area contributed by atoms with Crippen LogP contribution in [0, 0.1) is 0 Å². The average molecular weight is 394 g/mol. The van der Waals surface area contributed by atoms with Crippen molar-refractivity contribution in [1.29, 1.82) is 0 Å². The van der Waals surface area contributed by atoms with Crippen molar-refractivity contribution in [1.82, 2.24) is 9.78 Å². The number of nitrogens with zero attached hydrogens (tertiary/aromatic N) is 2. The van der Waals surface area contributed by atoms with Crippen LogP contribution in [0.25, 0.3) is 11.3 Å². The summed E-state index contributed by atoms with van der Waals surface area (Å²) in [6.07, 6.45) is 1.99. The van der Waals surface area contributed by atoms with Gasteiger partial charge in [-0.15, -0.1) is 11.3 Å². The van der Waals surface area contributed by atoms with E-state index in [0.717, 1.165) is 16.8 Å². The number of Topliss-reactive ketones (excluding diaryl/α,β-unsaturated/α-hetero) is 1. The second-order valence-electron chi connectivity index (χ2n) is 5.72. The first-order valence-corrected chi connectivity index (χ1v) is 9.34. The second-order valence-corrected chi connectivity index (χ2v) is 7.78. The fourth-order valence-corrected chi connectivity index (χ4v) is 4.30. The molecule has 0 saturated heterocycles. The minimum Gasteiger partial charge on any atom is -0.330 e. The number of ketones is 1. The monoisotopic (exact) mass is 393 g/mol. The van der Waals surface area contributed by atoms with Gasteiger partial charge in [-0.05, 0) is 30.3 Å². The number of nitrogens with two attached hydrogens (primary N) is 1. The molecule has 3 rings (SSSR count). The SMILES string of the molecule is Cn1nccc1-c1cc(C(=O)CC(CN)c2ccccc2Cl)sc1Cl. The van der Waals surface area contributed by atoms with E-state index < -0.39 is 0 Å². The molecule has 0 saturated carbocycles. The summed E-state index contributed by atoms with van der Waals surface area (Å²) in [5, 5.41) is 4.78. The van der Waals surface area contributed by atoms with Gasteiger partial charge in [0.2, 0.25) is 0 Å². The highest BCUT2D eigenvalue weighted by Gasteiger charge is 2.21. The van der Waals surface area contributed by atoms with Crippen molar-refractivity contribution in [3.05, 3.63) is 62.4 Å². The molecular formula is C18H17Cl2N3OS. The van der Waals surface area contributed by atoms with Gasteiger partial charge in [0.05, 0.1) is 10.6 Å². The first-order valence-electron chi connectivity index (χ1n) is 7.76. The highest BCUT2D eigenvalue weighted by molar-refractivity contribution is 7.18. The molecule has 1 aromatic carbocycles. The molecule has 1 atom stereocenters. The molecule has 7 heteroatoms. The van der Waals surface area contributed by atoms with Crippen molar-refractivity contribution in [2.24, 2.45) is 12.8 Å². The van der Waals surface area contributed by atoms with E-state index in [1.807, 2.05) is 43.4 Å². The Hall–Kier alpha value is -1.66. The molecular weight excluding hydrogens is 377 g/mol. The third-order valence-corrected chi connectivity index (χ3v) is 5.86. The molecule has 0 aliphatic rings. The Labute approximate surface area is 160 Å². The number of carbonyl (C=O) groups is 1. The number of halogens is 2. The number of aryl methyl sites for hydroxylation is 1. The molecule has 3 aromatic rings. The molecule has 0 amide bonds. The summed E-state index contributed by atoms with van der Waals surface area (Å²) in [4.78, 5) is 13.4. The summed E-state index contributed by atoms with van der Waals surface area (Å²) in [5.74, 6) is -0.113. The Morgan fingerprint density at radius 1 is 1.32 bits per heavy atom. The van der Waals surface area contributed by atoms with Gasteiger partial charge in [-0.25, -0.2) is 0 Å². The lowest BCUT2D eigenvalue weighted by atomic mass is 9.93. The minimum atomic E-state index is -0.123. The number of aromatic nitrogens is 2. The first kappa shape index (κ1) is 18.1. The van der Waals surface area contributed by atoms with Crippen LogP contribution in [-0.2, 0) is 7.05 Å².